The van der Waals surface area contributed by atoms with Crippen LogP contribution in [0.5, 0.6) is 0 Å². The third-order valence-electron chi connectivity index (χ3n) is 2.60. The van der Waals surface area contributed by atoms with Gasteiger partial charge in [0.15, 0.2) is 0 Å². The molecular weight excluding hydrogens is 194 g/mol. The molecule has 0 fully saturated rings. The minimum absolute atomic E-state index is 0.333. The zero-order chi connectivity index (χ0) is 12.9. The molecule has 0 aromatic rings. The summed E-state index contributed by atoms with van der Waals surface area (Å²) in [6.07, 6.45) is -3.24. The minimum atomic E-state index is -0.717. The van der Waals surface area contributed by atoms with E-state index in [1.54, 1.807) is 0 Å². The Morgan fingerprint density at radius 1 is 0.750 bits per heavy atom. The molecule has 16 heavy (non-hydrogen) atoms. The van der Waals surface area contributed by atoms with Gasteiger partial charge in [0.2, 0.25) is 0 Å². The molecule has 0 N–H and O–H groups in total. The second kappa shape index (κ2) is 8.32. The first-order chi connectivity index (χ1) is 7.36. The third kappa shape index (κ3) is 4.82. The average molecular weight is 194 g/mol. The molecule has 0 aromatic heterocycles. The Hall–Kier alpha value is 1.19. The van der Waals surface area contributed by atoms with Crippen LogP contribution in [-0.2, 0) is 0 Å². The van der Waals surface area contributed by atoms with E-state index in [1.165, 1.54) is 13.1 Å². The molecule has 0 aromatic carbocycles. The van der Waals surface area contributed by atoms with Crippen molar-refractivity contribution in [1.82, 2.24) is 0 Å². The third-order valence-corrected chi connectivity index (χ3v) is 2.92. The summed E-state index contributed by atoms with van der Waals surface area (Å²) in [4.78, 5) is 0. The van der Waals surface area contributed by atoms with Crippen molar-refractivity contribution >= 4 is 118 Å². The SMILES string of the molecule is [B][B]B(B([B])[B])B(B=S)B(B([B])[B])B([B])[B]. The van der Waals surface area contributed by atoms with Crippen LogP contribution in [0.25, 0.3) is 0 Å². The molecule has 0 aliphatic carbocycles. The van der Waals surface area contributed by atoms with Gasteiger partial charge in [-0.2, -0.15) is 0 Å². The average Bonchev–Trinajstić information content (AvgIpc) is 2.15. The molecule has 0 nitrogen and oxygen atoms in total. The number of hydrogen-bond donors (Lipinski definition) is 0. The van der Waals surface area contributed by atoms with Gasteiger partial charge in [-0.05, 0) is 0 Å². The maximum absolute atomic E-state index is 5.62. The molecule has 0 aliphatic rings. The molecule has 0 spiro atoms. The molecule has 0 amide bonds. The first-order valence-electron chi connectivity index (χ1n) is 4.90. The predicted octanol–water partition coefficient (Wildman–Crippen LogP) is -5.06. The van der Waals surface area contributed by atoms with Crippen molar-refractivity contribution < 1.29 is 0 Å². The Morgan fingerprint density at radius 3 is 1.38 bits per heavy atom. The number of hydrogen-bond acceptors (Lipinski definition) is 1. The van der Waals surface area contributed by atoms with Crippen molar-refractivity contribution in [3.05, 3.63) is 0 Å². The fourth-order valence-corrected chi connectivity index (χ4v) is 2.08. The molecule has 0 aliphatic heterocycles. The first kappa shape index (κ1) is 17.2. The van der Waals surface area contributed by atoms with E-state index in [-0.39, 0.29) is 12.8 Å². The van der Waals surface area contributed by atoms with Gasteiger partial charge >= 0.3 is 118 Å². The van der Waals surface area contributed by atoms with Gasteiger partial charge < -0.3 is 0 Å². The van der Waals surface area contributed by atoms with Gasteiger partial charge in [0, 0.05) is 0 Å². The molecule has 0 saturated carbocycles. The molecular formula is B15S. The Morgan fingerprint density at radius 2 is 1.19 bits per heavy atom. The summed E-state index contributed by atoms with van der Waals surface area (Å²) in [6.45, 7) is 0. The van der Waals surface area contributed by atoms with Gasteiger partial charge in [0.25, 0.3) is 0 Å². The van der Waals surface area contributed by atoms with Gasteiger partial charge in [-0.15, -0.1) is 0 Å². The van der Waals surface area contributed by atoms with E-state index in [1.807, 2.05) is 0 Å². The van der Waals surface area contributed by atoms with Crippen molar-refractivity contribution in [2.24, 2.45) is 0 Å². The zero-order valence-electron chi connectivity index (χ0n) is 9.07. The van der Waals surface area contributed by atoms with E-state index in [0.29, 0.717) is 0 Å². The van der Waals surface area contributed by atoms with Crippen LogP contribution in [0.3, 0.4) is 0 Å². The molecule has 51 valence electrons. The first-order valence-corrected chi connectivity index (χ1v) is 5.37. The van der Waals surface area contributed by atoms with Crippen LogP contribution in [0.4, 0.5) is 0 Å². The van der Waals surface area contributed by atoms with Gasteiger partial charge in [-0.25, -0.2) is 0 Å². The van der Waals surface area contributed by atoms with E-state index < -0.39 is 25.5 Å². The molecule has 0 bridgehead atoms. The Balaban J connectivity index is 4.98. The summed E-state index contributed by atoms with van der Waals surface area (Å²) in [6, 6.07) is 1.46. The van der Waals surface area contributed by atoms with Crippen LogP contribution >= 0.6 is 12.1 Å². The fraction of sp³-hybridized carbons (Fsp3) is 0. The standard InChI is InChI=1S/B15S/c1-8-13(10(2)3)14(9-16)15(11(4)5)12(6)7. The van der Waals surface area contributed by atoms with Gasteiger partial charge in [0.1, 0.15) is 0 Å². The molecule has 0 atom stereocenters. The molecule has 15 radical (unpaired) electrons. The quantitative estimate of drug-likeness (QED) is 0.366. The fourth-order valence-electron chi connectivity index (χ4n) is 1.72. The maximum atomic E-state index is 5.62. The van der Waals surface area contributed by atoms with Crippen LogP contribution in [-0.4, -0.2) is 106 Å². The second-order valence-electron chi connectivity index (χ2n) is 3.79. The van der Waals surface area contributed by atoms with Gasteiger partial charge in [0.05, 0.1) is 0 Å². The summed E-state index contributed by atoms with van der Waals surface area (Å²) < 4.78 is 0. The van der Waals surface area contributed by atoms with Crippen molar-refractivity contribution in [2.75, 3.05) is 0 Å². The summed E-state index contributed by atoms with van der Waals surface area (Å²) >= 11 is 4.92. The van der Waals surface area contributed by atoms with E-state index in [4.69, 9.17) is 66.2 Å². The van der Waals surface area contributed by atoms with Crippen LogP contribution in [0.2, 0.25) is 0 Å². The van der Waals surface area contributed by atoms with Crippen molar-refractivity contribution in [2.45, 2.75) is 0 Å². The summed E-state index contributed by atoms with van der Waals surface area (Å²) in [7, 11) is 40.5. The van der Waals surface area contributed by atoms with Crippen LogP contribution < -0.4 is 0 Å². The van der Waals surface area contributed by atoms with E-state index in [0.717, 1.165) is 0 Å². The number of rotatable bonds is 7. The molecule has 16 heteroatoms. The normalized spacial score (nSPS) is 8.50. The zero-order valence-corrected chi connectivity index (χ0v) is 9.88. The summed E-state index contributed by atoms with van der Waals surface area (Å²) in [5.41, 5.74) is 0. The van der Waals surface area contributed by atoms with Crippen molar-refractivity contribution in [3.63, 3.8) is 0 Å². The van der Waals surface area contributed by atoms with E-state index in [2.05, 4.69) is 0 Å². The Bertz CT molecular complexity index is 186. The topological polar surface area (TPSA) is 0 Å². The van der Waals surface area contributed by atoms with E-state index >= 15 is 0 Å². The monoisotopic (exact) mass is 197 g/mol. The molecule has 0 rings (SSSR count). The van der Waals surface area contributed by atoms with Gasteiger partial charge in [-0.1, -0.05) is 0 Å². The van der Waals surface area contributed by atoms with Crippen LogP contribution in [0, 0.1) is 0 Å². The second-order valence-corrected chi connectivity index (χ2v) is 4.06. The van der Waals surface area contributed by atoms with Crippen LogP contribution in [0.15, 0.2) is 0 Å². The van der Waals surface area contributed by atoms with Crippen molar-refractivity contribution in [1.29, 1.82) is 0 Å². The van der Waals surface area contributed by atoms with Crippen molar-refractivity contribution in [3.8, 4) is 0 Å². The van der Waals surface area contributed by atoms with Crippen LogP contribution in [0.1, 0.15) is 0 Å². The summed E-state index contributed by atoms with van der Waals surface area (Å²) in [5, 5.41) is 0. The Kier molecular flexibility index (Phi) is 8.94. The Labute approximate surface area is 117 Å². The predicted molar refractivity (Wildman–Crippen MR) is 93.9 cm³/mol. The molecule has 0 unspecified atom stereocenters. The summed E-state index contributed by atoms with van der Waals surface area (Å²) in [5.74, 6) is 0. The molecule has 0 heterocycles. The van der Waals surface area contributed by atoms with E-state index in [9.17, 15) is 0 Å². The molecule has 0 saturated heterocycles. The van der Waals surface area contributed by atoms with Gasteiger partial charge in [-0.3, -0.25) is 0 Å².